The fourth-order valence-corrected chi connectivity index (χ4v) is 5.25. The topological polar surface area (TPSA) is 38.7 Å². The van der Waals surface area contributed by atoms with Crippen molar-refractivity contribution in [2.45, 2.75) is 75.4 Å². The molecule has 4 rings (SSSR count). The molecular formula is C18H30O3. The van der Waals surface area contributed by atoms with Gasteiger partial charge in [-0.05, 0) is 75.5 Å². The molecule has 2 heterocycles. The molecule has 3 atom stereocenters. The van der Waals surface area contributed by atoms with Crippen LogP contribution in [0.25, 0.3) is 0 Å². The third kappa shape index (κ3) is 2.89. The molecule has 0 radical (unpaired) electrons. The Morgan fingerprint density at radius 3 is 2.38 bits per heavy atom. The van der Waals surface area contributed by atoms with Gasteiger partial charge in [-0.25, -0.2) is 0 Å². The van der Waals surface area contributed by atoms with E-state index in [1.165, 1.54) is 25.7 Å². The van der Waals surface area contributed by atoms with Crippen LogP contribution in [0.3, 0.4) is 0 Å². The Bertz CT molecular complexity index is 367. The van der Waals surface area contributed by atoms with E-state index in [0.717, 1.165) is 70.2 Å². The molecule has 0 aromatic heterocycles. The van der Waals surface area contributed by atoms with Crippen LogP contribution in [-0.4, -0.2) is 36.1 Å². The van der Waals surface area contributed by atoms with E-state index in [-0.39, 0.29) is 5.60 Å². The van der Waals surface area contributed by atoms with E-state index < -0.39 is 5.60 Å². The SMILES string of the molecule is OC1(C2CCOC3(CCOCC3)C2)CCCC(C2CC2)C1. The lowest BCUT2D eigenvalue weighted by Crippen LogP contribution is -2.52. The Morgan fingerprint density at radius 1 is 0.810 bits per heavy atom. The molecule has 120 valence electrons. The summed E-state index contributed by atoms with van der Waals surface area (Å²) in [6.07, 6.45) is 11.6. The van der Waals surface area contributed by atoms with Crippen LogP contribution < -0.4 is 0 Å². The van der Waals surface area contributed by atoms with Crippen LogP contribution in [-0.2, 0) is 9.47 Å². The Kier molecular flexibility index (Phi) is 3.79. The minimum Gasteiger partial charge on any atom is -0.390 e. The van der Waals surface area contributed by atoms with E-state index in [4.69, 9.17) is 9.47 Å². The van der Waals surface area contributed by atoms with Crippen molar-refractivity contribution >= 4 is 0 Å². The standard InChI is InChI=1S/C18H30O3/c19-18(6-1-2-15(12-18)14-3-4-14)16-5-9-21-17(13-16)7-10-20-11-8-17/h14-16,19H,1-13H2. The van der Waals surface area contributed by atoms with Crippen LogP contribution in [0.4, 0.5) is 0 Å². The predicted octanol–water partition coefficient (Wildman–Crippen LogP) is 3.29. The molecule has 2 saturated carbocycles. The monoisotopic (exact) mass is 294 g/mol. The fraction of sp³-hybridized carbons (Fsp3) is 1.00. The number of hydrogen-bond donors (Lipinski definition) is 1. The van der Waals surface area contributed by atoms with Gasteiger partial charge in [-0.15, -0.1) is 0 Å². The Hall–Kier alpha value is -0.120. The van der Waals surface area contributed by atoms with Crippen LogP contribution in [0.5, 0.6) is 0 Å². The molecule has 4 aliphatic rings. The highest BCUT2D eigenvalue weighted by Gasteiger charge is 2.49. The van der Waals surface area contributed by atoms with Crippen LogP contribution in [0.2, 0.25) is 0 Å². The maximum absolute atomic E-state index is 11.4. The van der Waals surface area contributed by atoms with Gasteiger partial charge in [0.2, 0.25) is 0 Å². The molecule has 3 nitrogen and oxygen atoms in total. The van der Waals surface area contributed by atoms with Gasteiger partial charge in [-0.2, -0.15) is 0 Å². The quantitative estimate of drug-likeness (QED) is 0.849. The van der Waals surface area contributed by atoms with Gasteiger partial charge >= 0.3 is 0 Å². The molecule has 0 amide bonds. The molecule has 3 heteroatoms. The fourth-order valence-electron chi connectivity index (χ4n) is 5.25. The minimum absolute atomic E-state index is 0.0173. The Balaban J connectivity index is 1.46. The van der Waals surface area contributed by atoms with Crippen molar-refractivity contribution in [2.24, 2.45) is 17.8 Å². The summed E-state index contributed by atoms with van der Waals surface area (Å²) < 4.78 is 11.7. The highest BCUT2D eigenvalue weighted by molar-refractivity contribution is 5.00. The van der Waals surface area contributed by atoms with Crippen molar-refractivity contribution in [3.05, 3.63) is 0 Å². The molecule has 2 saturated heterocycles. The maximum Gasteiger partial charge on any atom is 0.0730 e. The van der Waals surface area contributed by atoms with Gasteiger partial charge in [-0.3, -0.25) is 0 Å². The van der Waals surface area contributed by atoms with Crippen LogP contribution in [0, 0.1) is 17.8 Å². The Labute approximate surface area is 128 Å². The first kappa shape index (κ1) is 14.5. The van der Waals surface area contributed by atoms with Gasteiger partial charge in [0.25, 0.3) is 0 Å². The van der Waals surface area contributed by atoms with E-state index in [9.17, 15) is 5.11 Å². The molecule has 0 bridgehead atoms. The molecule has 3 unspecified atom stereocenters. The largest absolute Gasteiger partial charge is 0.390 e. The van der Waals surface area contributed by atoms with E-state index in [2.05, 4.69) is 0 Å². The van der Waals surface area contributed by atoms with Crippen molar-refractivity contribution in [2.75, 3.05) is 19.8 Å². The van der Waals surface area contributed by atoms with Crippen molar-refractivity contribution in [1.82, 2.24) is 0 Å². The molecule has 21 heavy (non-hydrogen) atoms. The van der Waals surface area contributed by atoms with Gasteiger partial charge in [0.1, 0.15) is 0 Å². The van der Waals surface area contributed by atoms with Crippen molar-refractivity contribution < 1.29 is 14.6 Å². The second kappa shape index (κ2) is 5.50. The summed E-state index contributed by atoms with van der Waals surface area (Å²) in [7, 11) is 0. The van der Waals surface area contributed by atoms with E-state index in [1.54, 1.807) is 0 Å². The molecule has 0 aromatic carbocycles. The third-order valence-corrected chi connectivity index (χ3v) is 6.75. The first-order valence-corrected chi connectivity index (χ1v) is 9.13. The summed E-state index contributed by atoms with van der Waals surface area (Å²) in [4.78, 5) is 0. The van der Waals surface area contributed by atoms with Gasteiger partial charge in [0.15, 0.2) is 0 Å². The second-order valence-electron chi connectivity index (χ2n) is 8.13. The zero-order chi connectivity index (χ0) is 14.3. The zero-order valence-electron chi connectivity index (χ0n) is 13.2. The number of aliphatic hydroxyl groups is 1. The molecule has 2 aliphatic carbocycles. The van der Waals surface area contributed by atoms with Gasteiger partial charge < -0.3 is 14.6 Å². The van der Waals surface area contributed by atoms with Crippen LogP contribution in [0.15, 0.2) is 0 Å². The molecule has 4 fully saturated rings. The van der Waals surface area contributed by atoms with Crippen molar-refractivity contribution in [3.8, 4) is 0 Å². The normalized spacial score (nSPS) is 43.9. The van der Waals surface area contributed by atoms with Crippen molar-refractivity contribution in [1.29, 1.82) is 0 Å². The second-order valence-corrected chi connectivity index (χ2v) is 8.13. The van der Waals surface area contributed by atoms with E-state index >= 15 is 0 Å². The lowest BCUT2D eigenvalue weighted by Gasteiger charge is -2.50. The zero-order valence-corrected chi connectivity index (χ0v) is 13.2. The molecule has 2 aliphatic heterocycles. The predicted molar refractivity (Wildman–Crippen MR) is 81.1 cm³/mol. The third-order valence-electron chi connectivity index (χ3n) is 6.75. The number of ether oxygens (including phenoxy) is 2. The maximum atomic E-state index is 11.4. The summed E-state index contributed by atoms with van der Waals surface area (Å²) in [5.74, 6) is 2.19. The summed E-state index contributed by atoms with van der Waals surface area (Å²) in [6.45, 7) is 2.49. The van der Waals surface area contributed by atoms with E-state index in [1.807, 2.05) is 0 Å². The molecule has 0 aromatic rings. The summed E-state index contributed by atoms with van der Waals surface area (Å²) in [6, 6.07) is 0. The average molecular weight is 294 g/mol. The van der Waals surface area contributed by atoms with Gasteiger partial charge in [-0.1, -0.05) is 6.42 Å². The smallest absolute Gasteiger partial charge is 0.0730 e. The van der Waals surface area contributed by atoms with E-state index in [0.29, 0.717) is 5.92 Å². The average Bonchev–Trinajstić information content (AvgIpc) is 3.33. The number of hydrogen-bond acceptors (Lipinski definition) is 3. The number of rotatable bonds is 2. The first-order chi connectivity index (χ1) is 10.2. The first-order valence-electron chi connectivity index (χ1n) is 9.13. The van der Waals surface area contributed by atoms with Crippen LogP contribution >= 0.6 is 0 Å². The molecule has 1 spiro atoms. The lowest BCUT2D eigenvalue weighted by molar-refractivity contribution is -0.183. The summed E-state index contributed by atoms with van der Waals surface area (Å²) >= 11 is 0. The minimum atomic E-state index is -0.402. The summed E-state index contributed by atoms with van der Waals surface area (Å²) in [5.41, 5.74) is -0.385. The van der Waals surface area contributed by atoms with Gasteiger partial charge in [0.05, 0.1) is 11.2 Å². The lowest BCUT2D eigenvalue weighted by atomic mass is 9.65. The summed E-state index contributed by atoms with van der Waals surface area (Å²) in [5, 5.41) is 11.4. The highest BCUT2D eigenvalue weighted by Crippen LogP contribution is 2.51. The Morgan fingerprint density at radius 2 is 1.62 bits per heavy atom. The van der Waals surface area contributed by atoms with Crippen LogP contribution in [0.1, 0.15) is 64.2 Å². The van der Waals surface area contributed by atoms with Gasteiger partial charge in [0, 0.05) is 19.8 Å². The molecular weight excluding hydrogens is 264 g/mol. The van der Waals surface area contributed by atoms with Crippen molar-refractivity contribution in [3.63, 3.8) is 0 Å². The highest BCUT2D eigenvalue weighted by atomic mass is 16.5. The molecule has 1 N–H and O–H groups in total.